The molecule has 2 aromatic carbocycles. The highest BCUT2D eigenvalue weighted by atomic mass is 32.2. The van der Waals surface area contributed by atoms with Crippen LogP contribution in [0.1, 0.15) is 44.4 Å². The van der Waals surface area contributed by atoms with Crippen LogP contribution in [0, 0.1) is 20.8 Å². The summed E-state index contributed by atoms with van der Waals surface area (Å²) < 4.78 is 27.7. The molecule has 0 spiro atoms. The maximum Gasteiger partial charge on any atom is 0.246 e. The van der Waals surface area contributed by atoms with Crippen molar-refractivity contribution in [2.75, 3.05) is 10.6 Å². The molecule has 0 radical (unpaired) electrons. The summed E-state index contributed by atoms with van der Waals surface area (Å²) in [5.74, 6) is -0.193. The molecule has 0 aliphatic rings. The molecule has 1 atom stereocenters. The number of anilines is 2. The zero-order valence-electron chi connectivity index (χ0n) is 18.2. The summed E-state index contributed by atoms with van der Waals surface area (Å²) in [5, 5.41) is 6.05. The highest BCUT2D eigenvalue weighted by Gasteiger charge is 2.22. The summed E-state index contributed by atoms with van der Waals surface area (Å²) in [6, 6.07) is 9.95. The molecule has 0 saturated carbocycles. The Balaban J connectivity index is 2.15. The van der Waals surface area contributed by atoms with E-state index in [1.165, 1.54) is 12.1 Å². The lowest BCUT2D eigenvalue weighted by molar-refractivity contribution is -0.116. The lowest BCUT2D eigenvalue weighted by Gasteiger charge is -2.21. The van der Waals surface area contributed by atoms with Gasteiger partial charge in [0.1, 0.15) is 6.04 Å². The van der Waals surface area contributed by atoms with Gasteiger partial charge < -0.3 is 10.6 Å². The number of amides is 1. The van der Waals surface area contributed by atoms with Gasteiger partial charge in [-0.15, -0.1) is 0 Å². The third-order valence-electron chi connectivity index (χ3n) is 4.29. The molecular weight excluding hydrogens is 386 g/mol. The minimum absolute atomic E-state index is 0.148. The zero-order chi connectivity index (χ0) is 22.0. The van der Waals surface area contributed by atoms with E-state index in [9.17, 15) is 13.2 Å². The summed E-state index contributed by atoms with van der Waals surface area (Å²) in [6.45, 7) is 13.0. The van der Waals surface area contributed by atoms with Crippen LogP contribution >= 0.6 is 0 Å². The molecule has 0 unspecified atom stereocenters. The molecule has 0 aliphatic heterocycles. The van der Waals surface area contributed by atoms with Gasteiger partial charge >= 0.3 is 0 Å². The van der Waals surface area contributed by atoms with Crippen LogP contribution in [0.15, 0.2) is 41.3 Å². The summed E-state index contributed by atoms with van der Waals surface area (Å²) in [6.07, 6.45) is 0. The number of benzene rings is 2. The second-order valence-corrected chi connectivity index (χ2v) is 10.2. The molecule has 3 N–H and O–H groups in total. The Morgan fingerprint density at radius 2 is 1.59 bits per heavy atom. The normalized spacial score (nSPS) is 13.1. The first-order valence-corrected chi connectivity index (χ1v) is 11.1. The van der Waals surface area contributed by atoms with Crippen molar-refractivity contribution >= 4 is 27.3 Å². The number of hydrogen-bond acceptors (Lipinski definition) is 4. The van der Waals surface area contributed by atoms with Crippen LogP contribution in [0.25, 0.3) is 0 Å². The van der Waals surface area contributed by atoms with Gasteiger partial charge in [-0.2, -0.15) is 0 Å². The average molecular weight is 418 g/mol. The molecule has 29 heavy (non-hydrogen) atoms. The highest BCUT2D eigenvalue weighted by Crippen LogP contribution is 2.23. The lowest BCUT2D eigenvalue weighted by atomic mass is 10.0. The van der Waals surface area contributed by atoms with Crippen molar-refractivity contribution in [1.29, 1.82) is 0 Å². The van der Waals surface area contributed by atoms with Crippen LogP contribution in [0.3, 0.4) is 0 Å². The summed E-state index contributed by atoms with van der Waals surface area (Å²) in [7, 11) is -3.65. The molecule has 0 aliphatic carbocycles. The van der Waals surface area contributed by atoms with Gasteiger partial charge in [0, 0.05) is 16.9 Å². The third kappa shape index (κ3) is 6.30. The zero-order valence-corrected chi connectivity index (χ0v) is 19.0. The highest BCUT2D eigenvalue weighted by molar-refractivity contribution is 7.89. The molecule has 158 valence electrons. The van der Waals surface area contributed by atoms with Crippen LogP contribution in [0.5, 0.6) is 0 Å². The van der Waals surface area contributed by atoms with Crippen molar-refractivity contribution in [3.63, 3.8) is 0 Å². The van der Waals surface area contributed by atoms with Crippen LogP contribution < -0.4 is 15.4 Å². The lowest BCUT2D eigenvalue weighted by Crippen LogP contribution is -2.40. The van der Waals surface area contributed by atoms with Crippen molar-refractivity contribution in [3.8, 4) is 0 Å². The molecule has 2 aromatic rings. The topological polar surface area (TPSA) is 87.3 Å². The number of rotatable bonds is 6. The molecule has 2 rings (SSSR count). The van der Waals surface area contributed by atoms with E-state index in [0.717, 1.165) is 22.4 Å². The molecule has 7 heteroatoms. The van der Waals surface area contributed by atoms with Gasteiger partial charge in [-0.25, -0.2) is 13.1 Å². The minimum Gasteiger partial charge on any atom is -0.374 e. The minimum atomic E-state index is -3.65. The quantitative estimate of drug-likeness (QED) is 0.660. The molecule has 0 bridgehead atoms. The number of carbonyl (C=O) groups excluding carboxylic acids is 1. The van der Waals surface area contributed by atoms with E-state index in [2.05, 4.69) is 15.4 Å². The Bertz CT molecular complexity index is 985. The summed E-state index contributed by atoms with van der Waals surface area (Å²) in [5.41, 5.74) is 3.93. The first kappa shape index (κ1) is 22.9. The van der Waals surface area contributed by atoms with Gasteiger partial charge in [-0.1, -0.05) is 23.8 Å². The predicted molar refractivity (Wildman–Crippen MR) is 119 cm³/mol. The van der Waals surface area contributed by atoms with Gasteiger partial charge in [-0.05, 0) is 77.8 Å². The summed E-state index contributed by atoms with van der Waals surface area (Å²) >= 11 is 0. The standard InChI is InChI=1S/C22H31N3O3S/c1-14-11-15(2)20(16(3)12-14)24-21(26)17(4)23-18-9-8-10-19(13-18)29(27,28)25-22(5,6)7/h8-13,17,23,25H,1-7H3,(H,24,26)/t17-/m1/s1. The Labute approximate surface area is 174 Å². The van der Waals surface area contributed by atoms with Crippen molar-refractivity contribution in [2.24, 2.45) is 0 Å². The fraction of sp³-hybridized carbons (Fsp3) is 0.409. The second-order valence-electron chi connectivity index (χ2n) is 8.51. The fourth-order valence-corrected chi connectivity index (χ4v) is 4.60. The maximum absolute atomic E-state index is 12.7. The molecule has 6 nitrogen and oxygen atoms in total. The Kier molecular flexibility index (Phi) is 6.75. The molecule has 0 heterocycles. The van der Waals surface area contributed by atoms with Gasteiger partial charge in [0.25, 0.3) is 0 Å². The molecule has 1 amide bonds. The van der Waals surface area contributed by atoms with Crippen molar-refractivity contribution < 1.29 is 13.2 Å². The molecule has 0 aromatic heterocycles. The van der Waals surface area contributed by atoms with Crippen LogP contribution in [0.2, 0.25) is 0 Å². The predicted octanol–water partition coefficient (Wildman–Crippen LogP) is 4.13. The van der Waals surface area contributed by atoms with E-state index in [4.69, 9.17) is 0 Å². The van der Waals surface area contributed by atoms with E-state index in [1.807, 2.05) is 32.9 Å². The maximum atomic E-state index is 12.7. The van der Waals surface area contributed by atoms with Gasteiger partial charge in [0.05, 0.1) is 4.90 Å². The summed E-state index contributed by atoms with van der Waals surface area (Å²) in [4.78, 5) is 12.8. The number of nitrogens with one attached hydrogen (secondary N) is 3. The Morgan fingerprint density at radius 3 is 2.14 bits per heavy atom. The Morgan fingerprint density at radius 1 is 1.00 bits per heavy atom. The van der Waals surface area contributed by atoms with Crippen molar-refractivity contribution in [2.45, 2.75) is 64.9 Å². The Hall–Kier alpha value is -2.38. The third-order valence-corrected chi connectivity index (χ3v) is 6.04. The molecule has 0 fully saturated rings. The molecule has 0 saturated heterocycles. The SMILES string of the molecule is Cc1cc(C)c(NC(=O)[C@@H](C)Nc2cccc(S(=O)(=O)NC(C)(C)C)c2)c(C)c1. The smallest absolute Gasteiger partial charge is 0.246 e. The fourth-order valence-electron chi connectivity index (χ4n) is 3.14. The van der Waals surface area contributed by atoms with Crippen LogP contribution in [-0.2, 0) is 14.8 Å². The van der Waals surface area contributed by atoms with Crippen molar-refractivity contribution in [1.82, 2.24) is 4.72 Å². The number of hydrogen-bond donors (Lipinski definition) is 3. The van der Waals surface area contributed by atoms with Gasteiger partial charge in [-0.3, -0.25) is 4.79 Å². The van der Waals surface area contributed by atoms with E-state index >= 15 is 0 Å². The largest absolute Gasteiger partial charge is 0.374 e. The van der Waals surface area contributed by atoms with E-state index in [1.54, 1.807) is 39.8 Å². The number of sulfonamides is 1. The number of aryl methyl sites for hydroxylation is 3. The van der Waals surface area contributed by atoms with Gasteiger partial charge in [0.15, 0.2) is 0 Å². The van der Waals surface area contributed by atoms with Gasteiger partial charge in [0.2, 0.25) is 15.9 Å². The second kappa shape index (κ2) is 8.55. The first-order chi connectivity index (χ1) is 13.3. The van der Waals surface area contributed by atoms with E-state index < -0.39 is 21.6 Å². The first-order valence-electron chi connectivity index (χ1n) is 9.58. The number of carbonyl (C=O) groups is 1. The molecular formula is C22H31N3O3S. The van der Waals surface area contributed by atoms with E-state index in [0.29, 0.717) is 5.69 Å². The monoisotopic (exact) mass is 417 g/mol. The average Bonchev–Trinajstić information content (AvgIpc) is 2.56. The van der Waals surface area contributed by atoms with Crippen molar-refractivity contribution in [3.05, 3.63) is 53.1 Å². The van der Waals surface area contributed by atoms with E-state index in [-0.39, 0.29) is 10.8 Å². The van der Waals surface area contributed by atoms with Crippen LogP contribution in [-0.4, -0.2) is 25.9 Å². The van der Waals surface area contributed by atoms with Crippen LogP contribution in [0.4, 0.5) is 11.4 Å².